The first-order chi connectivity index (χ1) is 10.1. The van der Waals surface area contributed by atoms with Crippen molar-refractivity contribution in [2.24, 2.45) is 0 Å². The largest absolute Gasteiger partial charge is 0.508 e. The average molecular weight is 284 g/mol. The van der Waals surface area contributed by atoms with Gasteiger partial charge in [0.15, 0.2) is 5.78 Å². The molecule has 0 aliphatic heterocycles. The monoisotopic (exact) mass is 284 g/mol. The van der Waals surface area contributed by atoms with Crippen molar-refractivity contribution in [2.45, 2.75) is 0 Å². The molecule has 0 aliphatic carbocycles. The molecule has 21 heavy (non-hydrogen) atoms. The van der Waals surface area contributed by atoms with Crippen molar-refractivity contribution in [1.82, 2.24) is 0 Å². The molecule has 0 saturated carbocycles. The van der Waals surface area contributed by atoms with Crippen molar-refractivity contribution in [3.63, 3.8) is 0 Å². The van der Waals surface area contributed by atoms with Gasteiger partial charge >= 0.3 is 0 Å². The average Bonchev–Trinajstić information content (AvgIpc) is 2.52. The van der Waals surface area contributed by atoms with E-state index in [9.17, 15) is 9.90 Å². The molecule has 4 heteroatoms. The summed E-state index contributed by atoms with van der Waals surface area (Å²) in [6.07, 6.45) is 3.14. The van der Waals surface area contributed by atoms with Gasteiger partial charge in [-0.05, 0) is 54.6 Å². The molecule has 0 fully saturated rings. The first-order valence-corrected chi connectivity index (χ1v) is 6.37. The zero-order valence-corrected chi connectivity index (χ0v) is 11.9. The number of benzene rings is 2. The van der Waals surface area contributed by atoms with Crippen molar-refractivity contribution in [2.75, 3.05) is 14.2 Å². The van der Waals surface area contributed by atoms with Crippen LogP contribution in [0.1, 0.15) is 15.9 Å². The molecule has 0 saturated heterocycles. The summed E-state index contributed by atoms with van der Waals surface area (Å²) < 4.78 is 10.4. The van der Waals surface area contributed by atoms with Gasteiger partial charge in [-0.3, -0.25) is 4.79 Å². The van der Waals surface area contributed by atoms with Gasteiger partial charge in [0, 0.05) is 11.1 Å². The smallest absolute Gasteiger partial charge is 0.185 e. The lowest BCUT2D eigenvalue weighted by molar-refractivity contribution is 0.104. The molecule has 0 bridgehead atoms. The van der Waals surface area contributed by atoms with E-state index in [0.29, 0.717) is 17.1 Å². The highest BCUT2D eigenvalue weighted by Crippen LogP contribution is 2.25. The number of phenolic OH excluding ortho intramolecular Hbond substituents is 1. The van der Waals surface area contributed by atoms with Crippen molar-refractivity contribution < 1.29 is 19.4 Å². The van der Waals surface area contributed by atoms with E-state index in [-0.39, 0.29) is 11.5 Å². The van der Waals surface area contributed by atoms with E-state index >= 15 is 0 Å². The van der Waals surface area contributed by atoms with E-state index in [0.717, 1.165) is 5.56 Å². The van der Waals surface area contributed by atoms with Crippen molar-refractivity contribution in [1.29, 1.82) is 0 Å². The van der Waals surface area contributed by atoms with Crippen LogP contribution in [0.15, 0.2) is 48.5 Å². The fraction of sp³-hybridized carbons (Fsp3) is 0.118. The third-order valence-corrected chi connectivity index (χ3v) is 3.00. The number of rotatable bonds is 5. The second-order valence-electron chi connectivity index (χ2n) is 4.35. The van der Waals surface area contributed by atoms with Gasteiger partial charge in [-0.25, -0.2) is 0 Å². The van der Waals surface area contributed by atoms with E-state index < -0.39 is 0 Å². The molecule has 2 rings (SSSR count). The lowest BCUT2D eigenvalue weighted by atomic mass is 10.1. The highest BCUT2D eigenvalue weighted by atomic mass is 16.5. The van der Waals surface area contributed by atoms with Gasteiger partial charge in [0.05, 0.1) is 14.2 Å². The molecule has 108 valence electrons. The molecular formula is C17H16O4. The van der Waals surface area contributed by atoms with E-state index in [1.807, 2.05) is 0 Å². The topological polar surface area (TPSA) is 55.8 Å². The number of ketones is 1. The number of aromatic hydroxyl groups is 1. The quantitative estimate of drug-likeness (QED) is 0.676. The van der Waals surface area contributed by atoms with Crippen LogP contribution in [0.4, 0.5) is 0 Å². The Labute approximate surface area is 123 Å². The number of methoxy groups -OCH3 is 2. The zero-order chi connectivity index (χ0) is 15.2. The van der Waals surface area contributed by atoms with E-state index in [1.54, 1.807) is 50.6 Å². The van der Waals surface area contributed by atoms with Crippen LogP contribution in [0, 0.1) is 0 Å². The SMILES string of the molecule is COc1ccc(OC)c(/C=C/C(=O)c2ccc(O)cc2)c1. The number of hydrogen-bond donors (Lipinski definition) is 1. The summed E-state index contributed by atoms with van der Waals surface area (Å²) in [5.74, 6) is 1.32. The van der Waals surface area contributed by atoms with Gasteiger partial charge in [0.25, 0.3) is 0 Å². The Morgan fingerprint density at radius 2 is 1.76 bits per heavy atom. The third kappa shape index (κ3) is 3.63. The predicted octanol–water partition coefficient (Wildman–Crippen LogP) is 3.31. The molecule has 0 spiro atoms. The molecule has 0 amide bonds. The van der Waals surface area contributed by atoms with E-state index in [2.05, 4.69) is 0 Å². The number of ether oxygens (including phenoxy) is 2. The molecule has 0 atom stereocenters. The van der Waals surface area contributed by atoms with Gasteiger partial charge in [-0.15, -0.1) is 0 Å². The highest BCUT2D eigenvalue weighted by molar-refractivity contribution is 6.07. The minimum atomic E-state index is -0.153. The summed E-state index contributed by atoms with van der Waals surface area (Å²) in [5.41, 5.74) is 1.26. The molecule has 2 aromatic rings. The maximum absolute atomic E-state index is 12.0. The highest BCUT2D eigenvalue weighted by Gasteiger charge is 2.05. The zero-order valence-electron chi connectivity index (χ0n) is 11.9. The Morgan fingerprint density at radius 1 is 1.05 bits per heavy atom. The number of phenols is 1. The van der Waals surface area contributed by atoms with E-state index in [1.165, 1.54) is 18.2 Å². The number of carbonyl (C=O) groups is 1. The summed E-state index contributed by atoms with van der Waals surface area (Å²) in [5, 5.41) is 9.21. The Balaban J connectivity index is 2.24. The summed E-state index contributed by atoms with van der Waals surface area (Å²) in [6, 6.07) is 11.5. The summed E-state index contributed by atoms with van der Waals surface area (Å²) in [6.45, 7) is 0. The van der Waals surface area contributed by atoms with Crippen molar-refractivity contribution in [3.05, 3.63) is 59.7 Å². The van der Waals surface area contributed by atoms with Gasteiger partial charge in [-0.2, -0.15) is 0 Å². The third-order valence-electron chi connectivity index (χ3n) is 3.00. The molecule has 0 aliphatic rings. The molecule has 1 N–H and O–H groups in total. The van der Waals surface area contributed by atoms with E-state index in [4.69, 9.17) is 9.47 Å². The van der Waals surface area contributed by atoms with Crippen LogP contribution >= 0.6 is 0 Å². The number of hydrogen-bond acceptors (Lipinski definition) is 4. The van der Waals surface area contributed by atoms with Gasteiger partial charge in [0.2, 0.25) is 0 Å². The standard InChI is InChI=1S/C17H16O4/c1-20-15-8-10-17(21-2)13(11-15)5-9-16(19)12-3-6-14(18)7-4-12/h3-11,18H,1-2H3/b9-5+. The summed E-state index contributed by atoms with van der Waals surface area (Å²) >= 11 is 0. The lowest BCUT2D eigenvalue weighted by Crippen LogP contribution is -1.94. The van der Waals surface area contributed by atoms with Gasteiger partial charge < -0.3 is 14.6 Å². The van der Waals surface area contributed by atoms with Crippen molar-refractivity contribution in [3.8, 4) is 17.2 Å². The number of allylic oxidation sites excluding steroid dienone is 1. The number of carbonyl (C=O) groups excluding carboxylic acids is 1. The molecule has 4 nitrogen and oxygen atoms in total. The van der Waals surface area contributed by atoms with Gasteiger partial charge in [-0.1, -0.05) is 0 Å². The van der Waals surface area contributed by atoms with Crippen LogP contribution in [0.3, 0.4) is 0 Å². The Bertz CT molecular complexity index is 657. The molecule has 0 heterocycles. The fourth-order valence-electron chi connectivity index (χ4n) is 1.86. The fourth-order valence-corrected chi connectivity index (χ4v) is 1.86. The minimum Gasteiger partial charge on any atom is -0.508 e. The first-order valence-electron chi connectivity index (χ1n) is 6.37. The maximum atomic E-state index is 12.0. The van der Waals surface area contributed by atoms with Crippen LogP contribution in [-0.4, -0.2) is 25.1 Å². The Hall–Kier alpha value is -2.75. The second kappa shape index (κ2) is 6.61. The Kier molecular flexibility index (Phi) is 4.61. The molecule has 2 aromatic carbocycles. The van der Waals surface area contributed by atoms with Gasteiger partial charge in [0.1, 0.15) is 17.2 Å². The predicted molar refractivity (Wildman–Crippen MR) is 81.0 cm³/mol. The van der Waals surface area contributed by atoms with Crippen LogP contribution in [0.5, 0.6) is 17.2 Å². The molecule has 0 radical (unpaired) electrons. The van der Waals surface area contributed by atoms with Crippen LogP contribution in [-0.2, 0) is 0 Å². The first kappa shape index (κ1) is 14.7. The normalized spacial score (nSPS) is 10.6. The van der Waals surface area contributed by atoms with Crippen LogP contribution in [0.2, 0.25) is 0 Å². The lowest BCUT2D eigenvalue weighted by Gasteiger charge is -2.07. The summed E-state index contributed by atoms with van der Waals surface area (Å²) in [7, 11) is 3.15. The molecule has 0 aromatic heterocycles. The van der Waals surface area contributed by atoms with Crippen molar-refractivity contribution >= 4 is 11.9 Å². The maximum Gasteiger partial charge on any atom is 0.185 e. The minimum absolute atomic E-state index is 0.130. The summed E-state index contributed by atoms with van der Waals surface area (Å²) in [4.78, 5) is 12.0. The molecule has 0 unspecified atom stereocenters. The van der Waals surface area contributed by atoms with Crippen LogP contribution in [0.25, 0.3) is 6.08 Å². The molecular weight excluding hydrogens is 268 g/mol. The second-order valence-corrected chi connectivity index (χ2v) is 4.35. The van der Waals surface area contributed by atoms with Crippen LogP contribution < -0.4 is 9.47 Å². The Morgan fingerprint density at radius 3 is 2.38 bits per heavy atom.